The Kier molecular flexibility index (Phi) is 4.91. The molecule has 3 nitrogen and oxygen atoms in total. The fourth-order valence-corrected chi connectivity index (χ4v) is 2.27. The minimum Gasteiger partial charge on any atom is -0.329 e. The van der Waals surface area contributed by atoms with Crippen LogP contribution in [-0.4, -0.2) is 18.1 Å². The second kappa shape index (κ2) is 6.68. The Bertz CT molecular complexity index is 611. The van der Waals surface area contributed by atoms with Crippen LogP contribution in [0.4, 0.5) is 15.9 Å². The molecule has 0 fully saturated rings. The molecule has 1 N–H and O–H groups in total. The molecule has 1 aromatic carbocycles. The SMILES string of the molecule is Cc1ccccc1N(C)c1ncc(F)cc1CNC(C)C. The van der Waals surface area contributed by atoms with Crippen molar-refractivity contribution in [1.82, 2.24) is 10.3 Å². The van der Waals surface area contributed by atoms with Gasteiger partial charge in [-0.1, -0.05) is 32.0 Å². The molecule has 1 aromatic heterocycles. The molecule has 0 aliphatic heterocycles. The summed E-state index contributed by atoms with van der Waals surface area (Å²) in [5.41, 5.74) is 3.09. The summed E-state index contributed by atoms with van der Waals surface area (Å²) in [6, 6.07) is 9.98. The number of nitrogens with zero attached hydrogens (tertiary/aromatic N) is 2. The molecule has 1 heterocycles. The van der Waals surface area contributed by atoms with Crippen LogP contribution in [0.1, 0.15) is 25.0 Å². The summed E-state index contributed by atoms with van der Waals surface area (Å²) in [4.78, 5) is 6.29. The number of halogens is 1. The van der Waals surface area contributed by atoms with E-state index in [4.69, 9.17) is 0 Å². The van der Waals surface area contributed by atoms with Crippen molar-refractivity contribution in [3.8, 4) is 0 Å². The van der Waals surface area contributed by atoms with Gasteiger partial charge in [0.15, 0.2) is 0 Å². The summed E-state index contributed by atoms with van der Waals surface area (Å²) in [5, 5.41) is 3.32. The van der Waals surface area contributed by atoms with Gasteiger partial charge in [-0.15, -0.1) is 0 Å². The fourth-order valence-electron chi connectivity index (χ4n) is 2.27. The first kappa shape index (κ1) is 15.4. The molecule has 0 spiro atoms. The summed E-state index contributed by atoms with van der Waals surface area (Å²) in [7, 11) is 1.96. The average molecular weight is 287 g/mol. The largest absolute Gasteiger partial charge is 0.329 e. The molecule has 21 heavy (non-hydrogen) atoms. The van der Waals surface area contributed by atoms with Crippen LogP contribution in [0.2, 0.25) is 0 Å². The van der Waals surface area contributed by atoms with E-state index >= 15 is 0 Å². The highest BCUT2D eigenvalue weighted by Gasteiger charge is 2.13. The lowest BCUT2D eigenvalue weighted by molar-refractivity contribution is 0.578. The van der Waals surface area contributed by atoms with E-state index in [1.165, 1.54) is 6.20 Å². The smallest absolute Gasteiger partial charge is 0.141 e. The number of benzene rings is 1. The number of aromatic nitrogens is 1. The molecule has 4 heteroatoms. The van der Waals surface area contributed by atoms with Gasteiger partial charge < -0.3 is 10.2 Å². The third-order valence-corrected chi connectivity index (χ3v) is 3.40. The fraction of sp³-hybridized carbons (Fsp3) is 0.353. The van der Waals surface area contributed by atoms with Crippen LogP contribution in [0, 0.1) is 12.7 Å². The normalized spacial score (nSPS) is 11.0. The number of pyridine rings is 1. The van der Waals surface area contributed by atoms with Crippen molar-refractivity contribution < 1.29 is 4.39 Å². The van der Waals surface area contributed by atoms with Crippen molar-refractivity contribution in [1.29, 1.82) is 0 Å². The van der Waals surface area contributed by atoms with E-state index in [2.05, 4.69) is 37.1 Å². The van der Waals surface area contributed by atoms with Crippen LogP contribution in [0.15, 0.2) is 36.5 Å². The van der Waals surface area contributed by atoms with Crippen LogP contribution in [-0.2, 0) is 6.54 Å². The van der Waals surface area contributed by atoms with Crippen molar-refractivity contribution >= 4 is 11.5 Å². The van der Waals surface area contributed by atoms with Gasteiger partial charge in [-0.05, 0) is 24.6 Å². The van der Waals surface area contributed by atoms with E-state index < -0.39 is 0 Å². The highest BCUT2D eigenvalue weighted by Crippen LogP contribution is 2.27. The molecule has 112 valence electrons. The Balaban J connectivity index is 2.36. The Hall–Kier alpha value is -1.94. The molecule has 0 unspecified atom stereocenters. The molecule has 2 aromatic rings. The standard InChI is InChI=1S/C17H22FN3/c1-12(2)19-10-14-9-15(18)11-20-17(14)21(4)16-8-6-5-7-13(16)3/h5-9,11-12,19H,10H2,1-4H3. The number of hydrogen-bond acceptors (Lipinski definition) is 3. The van der Waals surface area contributed by atoms with E-state index in [0.717, 1.165) is 22.6 Å². The van der Waals surface area contributed by atoms with E-state index in [9.17, 15) is 4.39 Å². The molecule has 0 atom stereocenters. The Labute approximate surface area is 125 Å². The van der Waals surface area contributed by atoms with Gasteiger partial charge in [0.2, 0.25) is 0 Å². The molecule has 0 aliphatic rings. The van der Waals surface area contributed by atoms with Crippen molar-refractivity contribution in [2.24, 2.45) is 0 Å². The van der Waals surface area contributed by atoms with E-state index in [-0.39, 0.29) is 5.82 Å². The topological polar surface area (TPSA) is 28.2 Å². The van der Waals surface area contributed by atoms with Crippen LogP contribution >= 0.6 is 0 Å². The molecule has 0 saturated heterocycles. The van der Waals surface area contributed by atoms with Crippen molar-refractivity contribution in [2.75, 3.05) is 11.9 Å². The number of rotatable bonds is 5. The first-order valence-corrected chi connectivity index (χ1v) is 7.16. The summed E-state index contributed by atoms with van der Waals surface area (Å²) < 4.78 is 13.5. The third kappa shape index (κ3) is 3.79. The van der Waals surface area contributed by atoms with Crippen LogP contribution < -0.4 is 10.2 Å². The number of aryl methyl sites for hydroxylation is 1. The lowest BCUT2D eigenvalue weighted by Crippen LogP contribution is -2.24. The average Bonchev–Trinajstić information content (AvgIpc) is 2.45. The van der Waals surface area contributed by atoms with Crippen LogP contribution in [0.25, 0.3) is 0 Å². The molecule has 0 amide bonds. The van der Waals surface area contributed by atoms with Crippen LogP contribution in [0.5, 0.6) is 0 Å². The zero-order valence-electron chi connectivity index (χ0n) is 13.0. The molecular weight excluding hydrogens is 265 g/mol. The maximum atomic E-state index is 13.5. The Morgan fingerprint density at radius 3 is 2.67 bits per heavy atom. The lowest BCUT2D eigenvalue weighted by Gasteiger charge is -2.23. The highest BCUT2D eigenvalue weighted by atomic mass is 19.1. The van der Waals surface area contributed by atoms with Gasteiger partial charge in [-0.25, -0.2) is 9.37 Å². The second-order valence-electron chi connectivity index (χ2n) is 5.52. The van der Waals surface area contributed by atoms with E-state index in [1.807, 2.05) is 30.1 Å². The highest BCUT2D eigenvalue weighted by molar-refractivity contribution is 5.65. The zero-order chi connectivity index (χ0) is 15.4. The monoisotopic (exact) mass is 287 g/mol. The molecule has 0 radical (unpaired) electrons. The predicted molar refractivity (Wildman–Crippen MR) is 85.4 cm³/mol. The van der Waals surface area contributed by atoms with Gasteiger partial charge in [-0.3, -0.25) is 0 Å². The molecule has 0 bridgehead atoms. The molecule has 2 rings (SSSR count). The molecular formula is C17H22FN3. The third-order valence-electron chi connectivity index (χ3n) is 3.40. The van der Waals surface area contributed by atoms with Crippen molar-refractivity contribution in [2.45, 2.75) is 33.4 Å². The van der Waals surface area contributed by atoms with Gasteiger partial charge in [0.25, 0.3) is 0 Å². The predicted octanol–water partition coefficient (Wildman–Crippen LogP) is 3.80. The zero-order valence-corrected chi connectivity index (χ0v) is 13.0. The minimum absolute atomic E-state index is 0.308. The van der Waals surface area contributed by atoms with E-state index in [0.29, 0.717) is 12.6 Å². The van der Waals surface area contributed by atoms with Gasteiger partial charge in [0.05, 0.1) is 6.20 Å². The summed E-state index contributed by atoms with van der Waals surface area (Å²) in [5.74, 6) is 0.469. The quantitative estimate of drug-likeness (QED) is 0.906. The number of hydrogen-bond donors (Lipinski definition) is 1. The van der Waals surface area contributed by atoms with Gasteiger partial charge in [-0.2, -0.15) is 0 Å². The van der Waals surface area contributed by atoms with Gasteiger partial charge in [0.1, 0.15) is 11.6 Å². The van der Waals surface area contributed by atoms with Crippen molar-refractivity contribution in [3.05, 3.63) is 53.5 Å². The summed E-state index contributed by atoms with van der Waals surface area (Å²) in [6.07, 6.45) is 1.27. The Morgan fingerprint density at radius 1 is 1.29 bits per heavy atom. The summed E-state index contributed by atoms with van der Waals surface area (Å²) >= 11 is 0. The summed E-state index contributed by atoms with van der Waals surface area (Å²) in [6.45, 7) is 6.78. The van der Waals surface area contributed by atoms with Gasteiger partial charge >= 0.3 is 0 Å². The molecule has 0 saturated carbocycles. The van der Waals surface area contributed by atoms with E-state index in [1.54, 1.807) is 6.07 Å². The lowest BCUT2D eigenvalue weighted by atomic mass is 10.1. The first-order chi connectivity index (χ1) is 9.99. The first-order valence-electron chi connectivity index (χ1n) is 7.16. The van der Waals surface area contributed by atoms with Crippen molar-refractivity contribution in [3.63, 3.8) is 0 Å². The number of nitrogens with one attached hydrogen (secondary N) is 1. The van der Waals surface area contributed by atoms with Gasteiger partial charge in [0, 0.05) is 30.9 Å². The number of para-hydroxylation sites is 1. The Morgan fingerprint density at radius 2 is 2.00 bits per heavy atom. The second-order valence-corrected chi connectivity index (χ2v) is 5.52. The maximum absolute atomic E-state index is 13.5. The van der Waals surface area contributed by atoms with Crippen LogP contribution in [0.3, 0.4) is 0 Å². The number of anilines is 2. The molecule has 0 aliphatic carbocycles. The maximum Gasteiger partial charge on any atom is 0.141 e. The minimum atomic E-state index is -0.308.